The zero-order valence-electron chi connectivity index (χ0n) is 11.1. The van der Waals surface area contributed by atoms with Gasteiger partial charge in [-0.15, -0.1) is 0 Å². The lowest BCUT2D eigenvalue weighted by atomic mass is 10.2. The normalized spacial score (nSPS) is 10.3. The Balaban J connectivity index is 2.29. The first kappa shape index (κ1) is 13.9. The van der Waals surface area contributed by atoms with E-state index in [4.69, 9.17) is 4.74 Å². The molecule has 0 bridgehead atoms. The zero-order chi connectivity index (χ0) is 14.7. The number of halogens is 1. The summed E-state index contributed by atoms with van der Waals surface area (Å²) in [6.45, 7) is 3.61. The van der Waals surface area contributed by atoms with Crippen molar-refractivity contribution in [1.29, 1.82) is 0 Å². The maximum Gasteiger partial charge on any atom is 0.305 e. The number of aryl methyl sites for hydroxylation is 2. The number of rotatable bonds is 4. The molecule has 0 N–H and O–H groups in total. The average molecular weight is 276 g/mol. The van der Waals surface area contributed by atoms with E-state index in [0.29, 0.717) is 11.3 Å². The summed E-state index contributed by atoms with van der Waals surface area (Å²) in [6.07, 6.45) is 2.35. The van der Waals surface area contributed by atoms with Gasteiger partial charge in [-0.3, -0.25) is 15.1 Å². The number of nitro benzene ring substituents is 1. The van der Waals surface area contributed by atoms with Gasteiger partial charge in [-0.25, -0.2) is 0 Å². The lowest BCUT2D eigenvalue weighted by Crippen LogP contribution is -1.96. The minimum atomic E-state index is -0.922. The Kier molecular flexibility index (Phi) is 3.93. The highest BCUT2D eigenvalue weighted by Gasteiger charge is 2.17. The van der Waals surface area contributed by atoms with E-state index in [1.165, 1.54) is 6.20 Å². The smallest absolute Gasteiger partial charge is 0.305 e. The second-order valence-electron chi connectivity index (χ2n) is 4.27. The Bertz CT molecular complexity index is 642. The fraction of sp³-hybridized carbons (Fsp3) is 0.214. The third kappa shape index (κ3) is 2.90. The first-order valence-electron chi connectivity index (χ1n) is 6.08. The number of aromatic nitrogens is 1. The zero-order valence-corrected chi connectivity index (χ0v) is 11.1. The number of ether oxygens (including phenoxy) is 1. The number of hydrogen-bond donors (Lipinski definition) is 0. The van der Waals surface area contributed by atoms with Crippen LogP contribution in [0.3, 0.4) is 0 Å². The second-order valence-corrected chi connectivity index (χ2v) is 4.27. The summed E-state index contributed by atoms with van der Waals surface area (Å²) in [5.41, 5.74) is 0.843. The van der Waals surface area contributed by atoms with Crippen LogP contribution < -0.4 is 4.74 Å². The highest BCUT2D eigenvalue weighted by Crippen LogP contribution is 2.30. The average Bonchev–Trinajstić information content (AvgIpc) is 2.43. The van der Waals surface area contributed by atoms with Crippen LogP contribution in [-0.2, 0) is 6.42 Å². The van der Waals surface area contributed by atoms with E-state index in [-0.39, 0.29) is 5.75 Å². The molecule has 0 spiro atoms. The maximum absolute atomic E-state index is 13.6. The van der Waals surface area contributed by atoms with Crippen molar-refractivity contribution in [3.63, 3.8) is 0 Å². The molecule has 104 valence electrons. The Morgan fingerprint density at radius 3 is 2.70 bits per heavy atom. The highest BCUT2D eigenvalue weighted by atomic mass is 19.1. The largest absolute Gasteiger partial charge is 0.455 e. The van der Waals surface area contributed by atoms with Gasteiger partial charge in [0.15, 0.2) is 0 Å². The van der Waals surface area contributed by atoms with Gasteiger partial charge in [-0.2, -0.15) is 4.39 Å². The number of nitrogens with zero attached hydrogens (tertiary/aromatic N) is 2. The first-order valence-corrected chi connectivity index (χ1v) is 6.08. The van der Waals surface area contributed by atoms with Crippen LogP contribution in [0.15, 0.2) is 30.5 Å². The molecule has 20 heavy (non-hydrogen) atoms. The summed E-state index contributed by atoms with van der Waals surface area (Å²) in [5, 5.41) is 10.6. The van der Waals surface area contributed by atoms with Gasteiger partial charge >= 0.3 is 5.69 Å². The molecule has 5 nitrogen and oxygen atoms in total. The van der Waals surface area contributed by atoms with E-state index in [1.807, 2.05) is 13.0 Å². The van der Waals surface area contributed by atoms with Crippen molar-refractivity contribution in [2.45, 2.75) is 20.3 Å². The van der Waals surface area contributed by atoms with Crippen LogP contribution in [0.4, 0.5) is 10.1 Å². The van der Waals surface area contributed by atoms with Gasteiger partial charge in [0.25, 0.3) is 0 Å². The van der Waals surface area contributed by atoms with E-state index in [9.17, 15) is 14.5 Å². The van der Waals surface area contributed by atoms with Crippen LogP contribution in [0, 0.1) is 22.9 Å². The van der Waals surface area contributed by atoms with Crippen molar-refractivity contribution in [2.24, 2.45) is 0 Å². The van der Waals surface area contributed by atoms with Crippen molar-refractivity contribution in [3.05, 3.63) is 57.7 Å². The topological polar surface area (TPSA) is 65.3 Å². The van der Waals surface area contributed by atoms with Crippen LogP contribution in [0.25, 0.3) is 0 Å². The van der Waals surface area contributed by atoms with Crippen molar-refractivity contribution in [2.75, 3.05) is 0 Å². The van der Waals surface area contributed by atoms with Crippen molar-refractivity contribution in [1.82, 2.24) is 4.98 Å². The summed E-state index contributed by atoms with van der Waals surface area (Å²) in [5.74, 6) is -0.230. The van der Waals surface area contributed by atoms with Crippen LogP contribution in [0.2, 0.25) is 0 Å². The molecule has 2 rings (SSSR count). The third-order valence-corrected chi connectivity index (χ3v) is 2.83. The molecule has 0 atom stereocenters. The van der Waals surface area contributed by atoms with Gasteiger partial charge in [0.1, 0.15) is 11.5 Å². The van der Waals surface area contributed by atoms with E-state index >= 15 is 0 Å². The molecular formula is C14H13FN2O3. The molecule has 1 heterocycles. The molecule has 0 unspecified atom stereocenters. The molecule has 0 saturated carbocycles. The molecule has 0 aliphatic heterocycles. The SMILES string of the molecule is CCc1ccc(Oc2cc(F)c([N+](=O)[O-])cc2C)cn1. The lowest BCUT2D eigenvalue weighted by Gasteiger charge is -2.09. The quantitative estimate of drug-likeness (QED) is 0.629. The Hall–Kier alpha value is -2.50. The van der Waals surface area contributed by atoms with Crippen LogP contribution in [0.5, 0.6) is 11.5 Å². The second kappa shape index (κ2) is 5.64. The summed E-state index contributed by atoms with van der Waals surface area (Å²) in [7, 11) is 0. The molecule has 0 fully saturated rings. The predicted molar refractivity (Wildman–Crippen MR) is 71.5 cm³/mol. The highest BCUT2D eigenvalue weighted by molar-refractivity contribution is 5.46. The molecule has 1 aromatic heterocycles. The van der Waals surface area contributed by atoms with Gasteiger partial charge in [0.05, 0.1) is 11.1 Å². The Morgan fingerprint density at radius 2 is 2.15 bits per heavy atom. The number of benzene rings is 1. The van der Waals surface area contributed by atoms with E-state index in [1.54, 1.807) is 13.0 Å². The molecule has 0 amide bonds. The maximum atomic E-state index is 13.6. The van der Waals surface area contributed by atoms with E-state index in [0.717, 1.165) is 24.2 Å². The van der Waals surface area contributed by atoms with Gasteiger partial charge in [0.2, 0.25) is 5.82 Å². The lowest BCUT2D eigenvalue weighted by molar-refractivity contribution is -0.387. The van der Waals surface area contributed by atoms with Crippen molar-refractivity contribution < 1.29 is 14.1 Å². The molecule has 6 heteroatoms. The monoisotopic (exact) mass is 276 g/mol. The van der Waals surface area contributed by atoms with Crippen molar-refractivity contribution >= 4 is 5.69 Å². The van der Waals surface area contributed by atoms with Crippen LogP contribution in [0.1, 0.15) is 18.2 Å². The van der Waals surface area contributed by atoms with Crippen LogP contribution >= 0.6 is 0 Å². The van der Waals surface area contributed by atoms with Gasteiger partial charge in [-0.05, 0) is 31.0 Å². The van der Waals surface area contributed by atoms with Crippen LogP contribution in [-0.4, -0.2) is 9.91 Å². The molecule has 0 aliphatic carbocycles. The number of pyridine rings is 1. The van der Waals surface area contributed by atoms with Gasteiger partial charge in [-0.1, -0.05) is 6.92 Å². The predicted octanol–water partition coefficient (Wildman–Crippen LogP) is 3.79. The molecule has 0 aliphatic rings. The van der Waals surface area contributed by atoms with Gasteiger partial charge < -0.3 is 4.74 Å². The fourth-order valence-electron chi connectivity index (χ4n) is 1.71. The third-order valence-electron chi connectivity index (χ3n) is 2.83. The van der Waals surface area contributed by atoms with E-state index < -0.39 is 16.4 Å². The Labute approximate surface area is 115 Å². The minimum absolute atomic E-state index is 0.235. The van der Waals surface area contributed by atoms with E-state index in [2.05, 4.69) is 4.98 Å². The molecular weight excluding hydrogens is 263 g/mol. The minimum Gasteiger partial charge on any atom is -0.455 e. The Morgan fingerprint density at radius 1 is 1.40 bits per heavy atom. The summed E-state index contributed by atoms with van der Waals surface area (Å²) in [4.78, 5) is 14.0. The molecule has 0 radical (unpaired) electrons. The first-order chi connectivity index (χ1) is 9.51. The number of nitro groups is 1. The number of hydrogen-bond acceptors (Lipinski definition) is 4. The van der Waals surface area contributed by atoms with Crippen molar-refractivity contribution in [3.8, 4) is 11.5 Å². The summed E-state index contributed by atoms with van der Waals surface area (Å²) < 4.78 is 19.1. The standard InChI is InChI=1S/C14H13FN2O3/c1-3-10-4-5-11(8-16-10)20-14-7-12(15)13(17(18)19)6-9(14)2/h4-8H,3H2,1-2H3. The summed E-state index contributed by atoms with van der Waals surface area (Å²) in [6, 6.07) is 5.71. The molecule has 1 aromatic carbocycles. The fourth-order valence-corrected chi connectivity index (χ4v) is 1.71. The summed E-state index contributed by atoms with van der Waals surface area (Å²) >= 11 is 0. The molecule has 0 saturated heterocycles. The molecule has 2 aromatic rings. The van der Waals surface area contributed by atoms with Gasteiger partial charge in [0, 0.05) is 17.8 Å².